The van der Waals surface area contributed by atoms with Gasteiger partial charge in [0.15, 0.2) is 0 Å². The Morgan fingerprint density at radius 1 is 1.12 bits per heavy atom. The molecule has 0 aliphatic carbocycles. The first-order valence-corrected chi connectivity index (χ1v) is 6.40. The van der Waals surface area contributed by atoms with Crippen LogP contribution in [0.5, 0.6) is 0 Å². The Morgan fingerprint density at radius 3 is 1.88 bits per heavy atom. The third-order valence-corrected chi connectivity index (χ3v) is 3.95. The monoisotopic (exact) mass is 258 g/mol. The number of benzene rings is 1. The van der Waals surface area contributed by atoms with Crippen LogP contribution in [0.4, 0.5) is 5.69 Å². The van der Waals surface area contributed by atoms with Gasteiger partial charge in [-0.25, -0.2) is 8.42 Å². The summed E-state index contributed by atoms with van der Waals surface area (Å²) >= 11 is 0. The summed E-state index contributed by atoms with van der Waals surface area (Å²) in [5.74, 6) is 0. The normalized spacial score (nSPS) is 11.1. The average molecular weight is 258 g/mol. The number of rotatable bonds is 2. The van der Waals surface area contributed by atoms with Crippen molar-refractivity contribution in [1.82, 2.24) is 0 Å². The highest BCUT2D eigenvalue weighted by Gasteiger charge is 2.28. The van der Waals surface area contributed by atoms with Gasteiger partial charge in [0.25, 0.3) is 0 Å². The summed E-state index contributed by atoms with van der Waals surface area (Å²) in [7, 11) is -3.30. The highest BCUT2D eigenvalue weighted by atomic mass is 32.2. The third kappa shape index (κ3) is 5.72. The van der Waals surface area contributed by atoms with Gasteiger partial charge >= 0.3 is 7.69 Å². The SMILES string of the molecule is CC(C)(C)S(=O)(=O)Nc1ccccc1.O[B]O. The number of para-hydroxylation sites is 1. The lowest BCUT2D eigenvalue weighted by Crippen LogP contribution is -2.33. The van der Waals surface area contributed by atoms with Crippen LogP contribution in [0.3, 0.4) is 0 Å². The van der Waals surface area contributed by atoms with Crippen LogP contribution in [0.1, 0.15) is 20.8 Å². The molecule has 7 heteroatoms. The largest absolute Gasteiger partial charge is 0.482 e. The number of hydrogen-bond acceptors (Lipinski definition) is 4. The Balaban J connectivity index is 0.000000770. The first kappa shape index (κ1) is 16.0. The predicted octanol–water partition coefficient (Wildman–Crippen LogP) is 0.732. The van der Waals surface area contributed by atoms with Crippen molar-refractivity contribution in [2.45, 2.75) is 25.5 Å². The molecule has 1 radical (unpaired) electrons. The van der Waals surface area contributed by atoms with E-state index in [1.54, 1.807) is 45.0 Å². The zero-order chi connectivity index (χ0) is 13.5. The van der Waals surface area contributed by atoms with Gasteiger partial charge in [-0.2, -0.15) is 0 Å². The van der Waals surface area contributed by atoms with Crippen molar-refractivity contribution in [2.75, 3.05) is 4.72 Å². The molecule has 0 bridgehead atoms. The molecule has 95 valence electrons. The average Bonchev–Trinajstić information content (AvgIpc) is 2.17. The molecule has 1 aromatic rings. The molecule has 0 atom stereocenters. The molecule has 5 nitrogen and oxygen atoms in total. The fourth-order valence-corrected chi connectivity index (χ4v) is 1.57. The van der Waals surface area contributed by atoms with Gasteiger partial charge in [0.1, 0.15) is 0 Å². The van der Waals surface area contributed by atoms with Gasteiger partial charge in [0.05, 0.1) is 4.75 Å². The summed E-state index contributed by atoms with van der Waals surface area (Å²) in [5, 5.41) is 14.0. The van der Waals surface area contributed by atoms with Crippen molar-refractivity contribution >= 4 is 23.4 Å². The van der Waals surface area contributed by atoms with Crippen LogP contribution >= 0.6 is 0 Å². The van der Waals surface area contributed by atoms with Crippen molar-refractivity contribution in [2.24, 2.45) is 0 Å². The van der Waals surface area contributed by atoms with Gasteiger partial charge in [-0.05, 0) is 32.9 Å². The zero-order valence-corrected chi connectivity index (χ0v) is 10.9. The third-order valence-electron chi connectivity index (χ3n) is 1.83. The summed E-state index contributed by atoms with van der Waals surface area (Å²) in [6.07, 6.45) is 0. The molecular formula is C10H17BNO4S. The predicted molar refractivity (Wildman–Crippen MR) is 68.9 cm³/mol. The molecular weight excluding hydrogens is 241 g/mol. The number of hydrogen-bond donors (Lipinski definition) is 3. The van der Waals surface area contributed by atoms with Crippen LogP contribution in [0.15, 0.2) is 30.3 Å². The van der Waals surface area contributed by atoms with E-state index in [1.807, 2.05) is 6.07 Å². The van der Waals surface area contributed by atoms with Gasteiger partial charge in [-0.15, -0.1) is 0 Å². The van der Waals surface area contributed by atoms with Crippen molar-refractivity contribution < 1.29 is 18.5 Å². The van der Waals surface area contributed by atoms with Gasteiger partial charge in [-0.3, -0.25) is 4.72 Å². The minimum atomic E-state index is -3.30. The minimum Gasteiger partial charge on any atom is -0.429 e. The molecule has 0 saturated carbocycles. The van der Waals surface area contributed by atoms with Gasteiger partial charge in [0, 0.05) is 5.69 Å². The van der Waals surface area contributed by atoms with E-state index < -0.39 is 14.8 Å². The molecule has 1 rings (SSSR count). The van der Waals surface area contributed by atoms with E-state index >= 15 is 0 Å². The molecule has 0 aliphatic heterocycles. The lowest BCUT2D eigenvalue weighted by atomic mass is 10.3. The van der Waals surface area contributed by atoms with E-state index in [4.69, 9.17) is 10.0 Å². The van der Waals surface area contributed by atoms with Crippen LogP contribution in [0, 0.1) is 0 Å². The molecule has 0 saturated heterocycles. The topological polar surface area (TPSA) is 86.6 Å². The van der Waals surface area contributed by atoms with E-state index in [2.05, 4.69) is 4.72 Å². The minimum absolute atomic E-state index is 0. The van der Waals surface area contributed by atoms with Crippen molar-refractivity contribution in [1.29, 1.82) is 0 Å². The Labute approximate surface area is 103 Å². The van der Waals surface area contributed by atoms with Crippen LogP contribution < -0.4 is 4.72 Å². The van der Waals surface area contributed by atoms with Crippen molar-refractivity contribution in [3.63, 3.8) is 0 Å². The Kier molecular flexibility index (Phi) is 6.22. The van der Waals surface area contributed by atoms with Gasteiger partial charge in [0.2, 0.25) is 10.0 Å². The lowest BCUT2D eigenvalue weighted by molar-refractivity contribution is 0.448. The van der Waals surface area contributed by atoms with Gasteiger partial charge in [-0.1, -0.05) is 18.2 Å². The molecule has 0 unspecified atom stereocenters. The Hall–Kier alpha value is -1.05. The van der Waals surface area contributed by atoms with E-state index in [-0.39, 0.29) is 7.69 Å². The second-order valence-electron chi connectivity index (χ2n) is 4.20. The molecule has 17 heavy (non-hydrogen) atoms. The Bertz CT molecular complexity index is 414. The van der Waals surface area contributed by atoms with Crippen LogP contribution in [-0.4, -0.2) is 30.9 Å². The van der Waals surface area contributed by atoms with Crippen LogP contribution in [0.2, 0.25) is 0 Å². The fourth-order valence-electron chi connectivity index (χ4n) is 0.814. The highest BCUT2D eigenvalue weighted by molar-refractivity contribution is 7.94. The van der Waals surface area contributed by atoms with Crippen LogP contribution in [-0.2, 0) is 10.0 Å². The summed E-state index contributed by atoms with van der Waals surface area (Å²) in [4.78, 5) is 0. The maximum Gasteiger partial charge on any atom is 0.482 e. The molecule has 0 spiro atoms. The van der Waals surface area contributed by atoms with Crippen molar-refractivity contribution in [3.05, 3.63) is 30.3 Å². The van der Waals surface area contributed by atoms with Crippen LogP contribution in [0.25, 0.3) is 0 Å². The van der Waals surface area contributed by atoms with Crippen molar-refractivity contribution in [3.8, 4) is 0 Å². The number of anilines is 1. The van der Waals surface area contributed by atoms with E-state index in [9.17, 15) is 8.42 Å². The molecule has 0 heterocycles. The quantitative estimate of drug-likeness (QED) is 0.682. The maximum absolute atomic E-state index is 11.7. The zero-order valence-electron chi connectivity index (χ0n) is 10.1. The molecule has 0 amide bonds. The number of sulfonamides is 1. The maximum atomic E-state index is 11.7. The van der Waals surface area contributed by atoms with E-state index in [0.29, 0.717) is 5.69 Å². The second kappa shape index (κ2) is 6.63. The van der Waals surface area contributed by atoms with E-state index in [1.165, 1.54) is 0 Å². The Morgan fingerprint density at radius 2 is 1.53 bits per heavy atom. The molecule has 0 fully saturated rings. The summed E-state index contributed by atoms with van der Waals surface area (Å²) in [6, 6.07) is 8.88. The summed E-state index contributed by atoms with van der Waals surface area (Å²) in [5.41, 5.74) is 0.599. The fraction of sp³-hybridized carbons (Fsp3) is 0.400. The van der Waals surface area contributed by atoms with Gasteiger partial charge < -0.3 is 10.0 Å². The summed E-state index contributed by atoms with van der Waals surface area (Å²) in [6.45, 7) is 4.99. The second-order valence-corrected chi connectivity index (χ2v) is 6.64. The molecule has 0 aromatic heterocycles. The molecule has 0 aliphatic rings. The van der Waals surface area contributed by atoms with E-state index in [0.717, 1.165) is 0 Å². The number of nitrogens with one attached hydrogen (secondary N) is 1. The highest BCUT2D eigenvalue weighted by Crippen LogP contribution is 2.18. The molecule has 1 aromatic carbocycles. The molecule has 3 N–H and O–H groups in total. The first-order valence-electron chi connectivity index (χ1n) is 4.92. The first-order chi connectivity index (χ1) is 7.74. The standard InChI is InChI=1S/C10H15NO2S.BH2O2/c1-10(2,3)14(12,13)11-9-7-5-4-6-8-9;2-1-3/h4-8,11H,1-3H3;2-3H. The summed E-state index contributed by atoms with van der Waals surface area (Å²) < 4.78 is 25.2. The lowest BCUT2D eigenvalue weighted by Gasteiger charge is -2.20. The smallest absolute Gasteiger partial charge is 0.429 e.